The lowest BCUT2D eigenvalue weighted by molar-refractivity contribution is -0.116. The fraction of sp³-hybridized carbons (Fsp3) is 0.267. The molecule has 0 aromatic heterocycles. The predicted octanol–water partition coefficient (Wildman–Crippen LogP) is 2.62. The van der Waals surface area contributed by atoms with Gasteiger partial charge in [-0.3, -0.25) is 4.79 Å². The van der Waals surface area contributed by atoms with E-state index >= 15 is 0 Å². The van der Waals surface area contributed by atoms with Gasteiger partial charge in [-0.15, -0.1) is 6.42 Å². The van der Waals surface area contributed by atoms with Gasteiger partial charge in [0.2, 0.25) is 5.91 Å². The van der Waals surface area contributed by atoms with Crippen molar-refractivity contribution in [3.05, 3.63) is 42.0 Å². The van der Waals surface area contributed by atoms with Crippen molar-refractivity contribution in [2.24, 2.45) is 0 Å². The van der Waals surface area contributed by atoms with Crippen LogP contribution in [0.3, 0.4) is 0 Å². The standard InChI is InChI=1S/C15H17NO/c1-3-8-14(4-2)16-15(17)12-11-13-9-6-5-7-10-13/h2,5-7,9-12,14H,3,8H2,1H3,(H,16,17)/b12-11+. The average Bonchev–Trinajstić information content (AvgIpc) is 2.37. The highest BCUT2D eigenvalue weighted by Gasteiger charge is 2.04. The summed E-state index contributed by atoms with van der Waals surface area (Å²) in [5.74, 6) is 2.42. The Hall–Kier alpha value is -2.01. The number of benzene rings is 1. The lowest BCUT2D eigenvalue weighted by Gasteiger charge is -2.09. The molecule has 0 aliphatic heterocycles. The van der Waals surface area contributed by atoms with Crippen molar-refractivity contribution >= 4 is 12.0 Å². The summed E-state index contributed by atoms with van der Waals surface area (Å²) in [6.07, 6.45) is 10.4. The Bertz CT molecular complexity index is 414. The van der Waals surface area contributed by atoms with Crippen LogP contribution in [0.15, 0.2) is 36.4 Å². The lowest BCUT2D eigenvalue weighted by atomic mass is 10.1. The zero-order valence-electron chi connectivity index (χ0n) is 10.0. The molecule has 1 amide bonds. The van der Waals surface area contributed by atoms with Gasteiger partial charge in [-0.2, -0.15) is 0 Å². The Morgan fingerprint density at radius 3 is 2.76 bits per heavy atom. The molecule has 2 nitrogen and oxygen atoms in total. The molecule has 0 aliphatic carbocycles. The quantitative estimate of drug-likeness (QED) is 0.608. The van der Waals surface area contributed by atoms with E-state index in [0.29, 0.717) is 0 Å². The summed E-state index contributed by atoms with van der Waals surface area (Å²) >= 11 is 0. The molecule has 2 heteroatoms. The molecule has 88 valence electrons. The molecule has 1 N–H and O–H groups in total. The number of carbonyl (C=O) groups is 1. The van der Waals surface area contributed by atoms with Gasteiger partial charge >= 0.3 is 0 Å². The van der Waals surface area contributed by atoms with Crippen molar-refractivity contribution in [1.29, 1.82) is 0 Å². The number of hydrogen-bond donors (Lipinski definition) is 1. The van der Waals surface area contributed by atoms with Gasteiger partial charge in [-0.25, -0.2) is 0 Å². The first kappa shape index (κ1) is 13.1. The van der Waals surface area contributed by atoms with Crippen LogP contribution in [0.1, 0.15) is 25.3 Å². The summed E-state index contributed by atoms with van der Waals surface area (Å²) in [5.41, 5.74) is 0.996. The topological polar surface area (TPSA) is 29.1 Å². The van der Waals surface area contributed by atoms with Crippen LogP contribution in [0.2, 0.25) is 0 Å². The Balaban J connectivity index is 2.50. The zero-order chi connectivity index (χ0) is 12.5. The SMILES string of the molecule is C#CC(CCC)NC(=O)/C=C/c1ccccc1. The Labute approximate surface area is 103 Å². The number of amides is 1. The van der Waals surface area contributed by atoms with Gasteiger partial charge in [0.1, 0.15) is 0 Å². The van der Waals surface area contributed by atoms with Crippen molar-refractivity contribution < 1.29 is 4.79 Å². The first-order valence-corrected chi connectivity index (χ1v) is 5.76. The molecule has 0 saturated heterocycles. The third kappa shape index (κ3) is 5.03. The summed E-state index contributed by atoms with van der Waals surface area (Å²) in [4.78, 5) is 11.6. The largest absolute Gasteiger partial charge is 0.339 e. The molecular formula is C15H17NO. The molecule has 0 fully saturated rings. The number of hydrogen-bond acceptors (Lipinski definition) is 1. The van der Waals surface area contributed by atoms with Gasteiger partial charge in [0, 0.05) is 6.08 Å². The van der Waals surface area contributed by atoms with Crippen LogP contribution < -0.4 is 5.32 Å². The van der Waals surface area contributed by atoms with Crippen LogP contribution in [-0.4, -0.2) is 11.9 Å². The monoisotopic (exact) mass is 227 g/mol. The molecule has 0 saturated carbocycles. The van der Waals surface area contributed by atoms with E-state index in [9.17, 15) is 4.79 Å². The minimum absolute atomic E-state index is 0.148. The second-order valence-electron chi connectivity index (χ2n) is 3.76. The maximum Gasteiger partial charge on any atom is 0.244 e. The van der Waals surface area contributed by atoms with Crippen LogP contribution in [0, 0.1) is 12.3 Å². The second-order valence-corrected chi connectivity index (χ2v) is 3.76. The molecule has 1 aromatic carbocycles. The summed E-state index contributed by atoms with van der Waals surface area (Å²) in [6, 6.07) is 9.50. The van der Waals surface area contributed by atoms with Crippen LogP contribution >= 0.6 is 0 Å². The molecule has 1 unspecified atom stereocenters. The van der Waals surface area contributed by atoms with E-state index in [4.69, 9.17) is 6.42 Å². The van der Waals surface area contributed by atoms with E-state index < -0.39 is 0 Å². The normalized spacial score (nSPS) is 12.0. The molecule has 0 spiro atoms. The highest BCUT2D eigenvalue weighted by molar-refractivity contribution is 5.92. The van der Waals surface area contributed by atoms with E-state index in [0.717, 1.165) is 18.4 Å². The number of nitrogens with one attached hydrogen (secondary N) is 1. The Morgan fingerprint density at radius 2 is 2.18 bits per heavy atom. The molecule has 0 heterocycles. The minimum Gasteiger partial charge on any atom is -0.339 e. The first-order chi connectivity index (χ1) is 8.26. The van der Waals surface area contributed by atoms with Gasteiger partial charge in [-0.05, 0) is 18.1 Å². The van der Waals surface area contributed by atoms with Crippen molar-refractivity contribution in [3.63, 3.8) is 0 Å². The molecular weight excluding hydrogens is 210 g/mol. The van der Waals surface area contributed by atoms with Crippen molar-refractivity contribution in [2.45, 2.75) is 25.8 Å². The summed E-state index contributed by atoms with van der Waals surface area (Å²) < 4.78 is 0. The van der Waals surface area contributed by atoms with Gasteiger partial charge < -0.3 is 5.32 Å². The fourth-order valence-electron chi connectivity index (χ4n) is 1.44. The molecule has 0 radical (unpaired) electrons. The molecule has 1 atom stereocenters. The second kappa shape index (κ2) is 7.29. The smallest absolute Gasteiger partial charge is 0.244 e. The van der Waals surface area contributed by atoms with Gasteiger partial charge in [-0.1, -0.05) is 49.6 Å². The van der Waals surface area contributed by atoms with E-state index in [-0.39, 0.29) is 11.9 Å². The minimum atomic E-state index is -0.173. The number of rotatable bonds is 5. The maximum absolute atomic E-state index is 11.6. The first-order valence-electron chi connectivity index (χ1n) is 5.76. The molecule has 17 heavy (non-hydrogen) atoms. The summed E-state index contributed by atoms with van der Waals surface area (Å²) in [7, 11) is 0. The highest BCUT2D eigenvalue weighted by atomic mass is 16.1. The van der Waals surface area contributed by atoms with Crippen LogP contribution in [0.4, 0.5) is 0 Å². The van der Waals surface area contributed by atoms with Crippen LogP contribution in [0.25, 0.3) is 6.08 Å². The zero-order valence-corrected chi connectivity index (χ0v) is 10.0. The van der Waals surface area contributed by atoms with E-state index in [1.807, 2.05) is 37.3 Å². The maximum atomic E-state index is 11.6. The number of terminal acetylenes is 1. The lowest BCUT2D eigenvalue weighted by Crippen LogP contribution is -2.32. The number of carbonyl (C=O) groups excluding carboxylic acids is 1. The molecule has 0 aliphatic rings. The molecule has 1 rings (SSSR count). The van der Waals surface area contributed by atoms with Crippen molar-refractivity contribution in [1.82, 2.24) is 5.32 Å². The molecule has 0 bridgehead atoms. The highest BCUT2D eigenvalue weighted by Crippen LogP contribution is 2.01. The predicted molar refractivity (Wildman–Crippen MR) is 71.1 cm³/mol. The van der Waals surface area contributed by atoms with E-state index in [1.54, 1.807) is 6.08 Å². The van der Waals surface area contributed by atoms with E-state index in [2.05, 4.69) is 11.2 Å². The van der Waals surface area contributed by atoms with Crippen LogP contribution in [-0.2, 0) is 4.79 Å². The van der Waals surface area contributed by atoms with Crippen molar-refractivity contribution in [2.75, 3.05) is 0 Å². The Morgan fingerprint density at radius 1 is 1.47 bits per heavy atom. The fourth-order valence-corrected chi connectivity index (χ4v) is 1.44. The third-order valence-corrected chi connectivity index (χ3v) is 2.32. The summed E-state index contributed by atoms with van der Waals surface area (Å²) in [5, 5.41) is 2.78. The average molecular weight is 227 g/mol. The van der Waals surface area contributed by atoms with Crippen LogP contribution in [0.5, 0.6) is 0 Å². The Kier molecular flexibility index (Phi) is 5.60. The molecule has 1 aromatic rings. The van der Waals surface area contributed by atoms with Gasteiger partial charge in [0.05, 0.1) is 6.04 Å². The summed E-state index contributed by atoms with van der Waals surface area (Å²) in [6.45, 7) is 2.04. The van der Waals surface area contributed by atoms with Gasteiger partial charge in [0.25, 0.3) is 0 Å². The van der Waals surface area contributed by atoms with E-state index in [1.165, 1.54) is 6.08 Å². The van der Waals surface area contributed by atoms with Gasteiger partial charge in [0.15, 0.2) is 0 Å². The van der Waals surface area contributed by atoms with Crippen molar-refractivity contribution in [3.8, 4) is 12.3 Å². The third-order valence-electron chi connectivity index (χ3n) is 2.32.